The average Bonchev–Trinajstić information content (AvgIpc) is 3.40. The Labute approximate surface area is 547 Å². The Morgan fingerprint density at radius 1 is 0.459 bits per heavy atom. The molecule has 1 aliphatic heterocycles. The summed E-state index contributed by atoms with van der Waals surface area (Å²) in [6.07, 6.45) is -0.0866. The Balaban J connectivity index is -0.00000174. The fraction of sp³-hybridized carbons (Fsp3) is 0.750. The first-order chi connectivity index (χ1) is 36.8. The van der Waals surface area contributed by atoms with Crippen molar-refractivity contribution < 1.29 is 122 Å². The van der Waals surface area contributed by atoms with E-state index in [1.165, 1.54) is 40.0 Å². The number of methoxy groups -OCH3 is 3. The summed E-state index contributed by atoms with van der Waals surface area (Å²) in [6.45, 7) is 4.64. The number of carboxylic acids is 1. The maximum Gasteiger partial charge on any atom is 3.00 e. The summed E-state index contributed by atoms with van der Waals surface area (Å²) in [6, 6.07) is -6.18. The Bertz CT molecular complexity index is 2040. The van der Waals surface area contributed by atoms with E-state index in [9.17, 15) is 62.3 Å². The average molecular weight is 1420 g/mol. The number of esters is 3. The number of nitrogens with zero attached hydrogens (tertiary/aromatic N) is 4. The molecule has 1 heterocycles. The van der Waals surface area contributed by atoms with E-state index in [1.807, 2.05) is 14.7 Å². The van der Waals surface area contributed by atoms with Crippen LogP contribution in [0.2, 0.25) is 0 Å². The number of aliphatic carboxylic acids is 1. The normalized spacial score (nSPS) is 15.0. The fourth-order valence-electron chi connectivity index (χ4n) is 7.17. The Kier molecular flexibility index (Phi) is 58.3. The monoisotopic (exact) mass is 1420 g/mol. The molecule has 0 aromatic rings. The Hall–Kier alpha value is -4.48. The second-order valence-electron chi connectivity index (χ2n) is 18.1. The predicted octanol–water partition coefficient (Wildman–Crippen LogP) is -1.18. The van der Waals surface area contributed by atoms with Crippen molar-refractivity contribution in [2.75, 3.05) is 123 Å². The van der Waals surface area contributed by atoms with E-state index in [-0.39, 0.29) is 186 Å². The van der Waals surface area contributed by atoms with Crippen LogP contribution in [0, 0.1) is 45.9 Å². The zero-order valence-corrected chi connectivity index (χ0v) is 50.1. The van der Waals surface area contributed by atoms with Crippen LogP contribution in [-0.2, 0) is 76.5 Å². The van der Waals surface area contributed by atoms with Gasteiger partial charge in [0.1, 0.15) is 24.2 Å². The van der Waals surface area contributed by atoms with Crippen LogP contribution in [-0.4, -0.2) is 255 Å². The van der Waals surface area contributed by atoms with E-state index in [1.54, 1.807) is 11.2 Å². The molecule has 0 aromatic heterocycles. The zero-order valence-electron chi connectivity index (χ0n) is 45.4. The molecule has 33 heteroatoms. The van der Waals surface area contributed by atoms with Crippen LogP contribution in [0.15, 0.2) is 0 Å². The maximum absolute atomic E-state index is 13.6. The van der Waals surface area contributed by atoms with Crippen LogP contribution in [0.1, 0.15) is 96.9 Å². The Morgan fingerprint density at radius 2 is 0.776 bits per heavy atom. The number of rotatable bonds is 35. The number of nitrogens with two attached hydrogens (primary N) is 3. The predicted molar refractivity (Wildman–Crippen MR) is 328 cm³/mol. The van der Waals surface area contributed by atoms with E-state index in [0.29, 0.717) is 26.2 Å². The van der Waals surface area contributed by atoms with Gasteiger partial charge in [0, 0.05) is 94.8 Å². The van der Waals surface area contributed by atoms with Crippen LogP contribution in [0.5, 0.6) is 0 Å². The largest absolute Gasteiger partial charge is 3.00 e. The number of carbonyl (C=O) groups is 13. The number of amides is 8. The number of thioether (sulfide) groups is 1. The molecule has 1 aliphatic rings. The molecule has 29 nitrogen and oxygen atoms in total. The SMILES string of the molecule is C.C.C.C.C.C.COC(=O)CN1CCN(CC(=O)NC(CSSCC(NC(=O)CCC(NC(=O)C(CCC(=O)NC(CSC)C(N)=O)NC(=O)C(C)CCC(=O)O)C(C)=O)C(N)=O)C(N)=O)CCN(CC(=O)OC)CCN(CC(=O)OC)CC1.[Gd+3]. The fourth-order valence-corrected chi connectivity index (χ4v) is 10.1. The summed E-state index contributed by atoms with van der Waals surface area (Å²) < 4.78 is 14.6. The molecule has 1 rings (SSSR count). The molecule has 0 bridgehead atoms. The standard InChI is InChI=1S/C46H78N12O17S3.6CH4.Gd/c1-28(7-12-38(63)64)45(71)54-31(9-11-36(61)50-32(25-76-6)42(47)68)46(72)53-30(29(2)59)8-10-35(60)51-33(43(48)69)26-77-78-27-34(44(49)70)52-37(62)21-55-13-15-56(22-39(65)73-3)17-19-58(24-41(67)75-5)20-18-57(16-14-55)23-40(66)74-4;;;;;;;/h28,30-34H,7-27H2,1-6H3,(H2,47,68)(H2,48,69)(H2,49,70)(H,50,61)(H,51,60)(H,52,62)(H,53,72)(H,54,71)(H,63,64);6*1H4;/q;;;;;;;+3. The van der Waals surface area contributed by atoms with Gasteiger partial charge in [0.05, 0.1) is 53.6 Å². The van der Waals surface area contributed by atoms with Gasteiger partial charge in [0.15, 0.2) is 5.78 Å². The van der Waals surface area contributed by atoms with E-state index in [2.05, 4.69) is 26.6 Å². The van der Waals surface area contributed by atoms with Crippen molar-refractivity contribution in [1.29, 1.82) is 0 Å². The number of primary amides is 3. The van der Waals surface area contributed by atoms with Gasteiger partial charge in [-0.05, 0) is 32.4 Å². The molecule has 0 spiro atoms. The number of carboxylic acid groups (broad SMARTS) is 1. The molecule has 0 saturated carbocycles. The minimum absolute atomic E-state index is 0. The molecule has 12 N–H and O–H groups in total. The van der Waals surface area contributed by atoms with Crippen LogP contribution in [0.25, 0.3) is 0 Å². The molecule has 6 unspecified atom stereocenters. The molecule has 1 saturated heterocycles. The molecule has 6 atom stereocenters. The number of hydrogen-bond donors (Lipinski definition) is 9. The molecule has 0 aliphatic carbocycles. The third-order valence-electron chi connectivity index (χ3n) is 12.0. The summed E-state index contributed by atoms with van der Waals surface area (Å²) in [5.41, 5.74) is 16.6. The minimum atomic E-state index is -1.42. The van der Waals surface area contributed by atoms with Crippen LogP contribution < -0.4 is 43.8 Å². The van der Waals surface area contributed by atoms with Crippen molar-refractivity contribution in [2.24, 2.45) is 23.1 Å². The number of Topliss-reactive ketones (excluding diaryl/α,β-unsaturated/α-hetero) is 1. The van der Waals surface area contributed by atoms with Gasteiger partial charge in [-0.15, -0.1) is 0 Å². The molecule has 1 fully saturated rings. The van der Waals surface area contributed by atoms with Crippen LogP contribution >= 0.6 is 33.3 Å². The van der Waals surface area contributed by atoms with E-state index < -0.39 is 119 Å². The number of carbonyl (C=O) groups excluding carboxylic acids is 12. The van der Waals surface area contributed by atoms with Gasteiger partial charge in [0.25, 0.3) is 0 Å². The van der Waals surface area contributed by atoms with Crippen LogP contribution in [0.3, 0.4) is 0 Å². The molecule has 495 valence electrons. The third-order valence-corrected chi connectivity index (χ3v) is 15.0. The number of hydrogen-bond acceptors (Lipinski definition) is 23. The summed E-state index contributed by atoms with van der Waals surface area (Å²) in [5.74, 6) is -10.2. The molecule has 8 amide bonds. The first kappa shape index (κ1) is 94.2. The second kappa shape index (κ2) is 52.6. The third kappa shape index (κ3) is 42.1. The van der Waals surface area contributed by atoms with Gasteiger partial charge >= 0.3 is 63.8 Å². The molecular formula is C52H102GdN12O17S3+3. The topological polar surface area (TPSA) is 421 Å². The molecule has 0 aromatic carbocycles. The van der Waals surface area contributed by atoms with Gasteiger partial charge in [-0.2, -0.15) is 11.8 Å². The van der Waals surface area contributed by atoms with E-state index in [0.717, 1.165) is 28.5 Å². The van der Waals surface area contributed by atoms with Crippen molar-refractivity contribution in [3.8, 4) is 0 Å². The van der Waals surface area contributed by atoms with Gasteiger partial charge in [0.2, 0.25) is 47.3 Å². The van der Waals surface area contributed by atoms with E-state index >= 15 is 0 Å². The van der Waals surface area contributed by atoms with Gasteiger partial charge in [-0.25, -0.2) is 0 Å². The number of ether oxygens (including phenoxy) is 3. The van der Waals surface area contributed by atoms with Crippen molar-refractivity contribution in [3.63, 3.8) is 0 Å². The minimum Gasteiger partial charge on any atom is -0.481 e. The van der Waals surface area contributed by atoms with Gasteiger partial charge in [-0.1, -0.05) is 73.1 Å². The van der Waals surface area contributed by atoms with Crippen molar-refractivity contribution >= 4 is 110 Å². The summed E-state index contributed by atoms with van der Waals surface area (Å²) in [4.78, 5) is 171. The van der Waals surface area contributed by atoms with E-state index in [4.69, 9.17) is 36.5 Å². The van der Waals surface area contributed by atoms with Gasteiger partial charge in [-0.3, -0.25) is 81.9 Å². The Morgan fingerprint density at radius 3 is 1.09 bits per heavy atom. The van der Waals surface area contributed by atoms with Crippen molar-refractivity contribution in [2.45, 2.75) is 127 Å². The smallest absolute Gasteiger partial charge is 0.481 e. The van der Waals surface area contributed by atoms with Crippen molar-refractivity contribution in [3.05, 3.63) is 0 Å². The molecule has 1 radical (unpaired) electrons. The van der Waals surface area contributed by atoms with Crippen molar-refractivity contribution in [1.82, 2.24) is 46.2 Å². The summed E-state index contributed by atoms with van der Waals surface area (Å²) >= 11 is 1.25. The number of nitrogens with one attached hydrogen (secondary N) is 5. The molecule has 85 heavy (non-hydrogen) atoms. The van der Waals surface area contributed by atoms with Crippen LogP contribution in [0.4, 0.5) is 0 Å². The number of ketones is 1. The van der Waals surface area contributed by atoms with Gasteiger partial charge < -0.3 is 63.1 Å². The maximum atomic E-state index is 13.6. The summed E-state index contributed by atoms with van der Waals surface area (Å²) in [7, 11) is 5.85. The first-order valence-corrected chi connectivity index (χ1v) is 28.6. The first-order valence-electron chi connectivity index (χ1n) is 24.7. The quantitative estimate of drug-likeness (QED) is 0.0156. The summed E-state index contributed by atoms with van der Waals surface area (Å²) in [5, 5.41) is 21.6. The zero-order chi connectivity index (χ0) is 58.9. The second-order valence-corrected chi connectivity index (χ2v) is 21.5. The molecular weight excluding hydrogens is 1320 g/mol.